The third-order valence-corrected chi connectivity index (χ3v) is 7.76. The topological polar surface area (TPSA) is 52.6 Å². The smallest absolute Gasteiger partial charge is 0.334 e. The molecule has 3 fully saturated rings. The Morgan fingerprint density at radius 2 is 2.08 bits per heavy atom. The number of ether oxygens (including phenoxy) is 2. The van der Waals surface area contributed by atoms with Gasteiger partial charge in [-0.25, -0.2) is 4.79 Å². The van der Waals surface area contributed by atoms with E-state index >= 15 is 0 Å². The van der Waals surface area contributed by atoms with Crippen LogP contribution in [-0.2, 0) is 19.1 Å². The van der Waals surface area contributed by atoms with E-state index in [4.69, 9.17) is 9.47 Å². The number of carbonyl (C=O) groups is 2. The molecule has 2 saturated heterocycles. The normalized spacial score (nSPS) is 47.0. The molecule has 0 spiro atoms. The summed E-state index contributed by atoms with van der Waals surface area (Å²) in [5.41, 5.74) is 0.990. The minimum absolute atomic E-state index is 0.0426. The number of allylic oxidation sites excluding steroid dienone is 1. The van der Waals surface area contributed by atoms with Crippen molar-refractivity contribution < 1.29 is 19.1 Å². The van der Waals surface area contributed by atoms with Gasteiger partial charge in [0.05, 0.1) is 13.0 Å². The highest BCUT2D eigenvalue weighted by Gasteiger charge is 2.64. The van der Waals surface area contributed by atoms with Crippen molar-refractivity contribution in [2.45, 2.75) is 65.4 Å². The first-order chi connectivity index (χ1) is 11.4. The molecule has 4 nitrogen and oxygen atoms in total. The summed E-state index contributed by atoms with van der Waals surface area (Å²) in [7, 11) is 0. The van der Waals surface area contributed by atoms with Gasteiger partial charge in [-0.3, -0.25) is 4.79 Å². The van der Waals surface area contributed by atoms with Gasteiger partial charge >= 0.3 is 11.9 Å². The molecular weight excluding hydrogens is 304 g/mol. The van der Waals surface area contributed by atoms with Crippen LogP contribution < -0.4 is 0 Å². The maximum Gasteiger partial charge on any atom is 0.334 e. The molecule has 6 atom stereocenters. The van der Waals surface area contributed by atoms with Crippen molar-refractivity contribution in [3.8, 4) is 0 Å². The molecule has 2 aliphatic carbocycles. The van der Waals surface area contributed by atoms with Crippen molar-refractivity contribution in [3.63, 3.8) is 0 Å². The summed E-state index contributed by atoms with van der Waals surface area (Å²) >= 11 is 0. The first kappa shape index (κ1) is 16.2. The van der Waals surface area contributed by atoms with Crippen LogP contribution in [0.1, 0.15) is 59.3 Å². The Balaban J connectivity index is 1.60. The second kappa shape index (κ2) is 5.34. The highest BCUT2D eigenvalue weighted by molar-refractivity contribution is 5.93. The Kier molecular flexibility index (Phi) is 3.59. The maximum absolute atomic E-state index is 12.3. The predicted molar refractivity (Wildman–Crippen MR) is 89.0 cm³/mol. The first-order valence-corrected chi connectivity index (χ1v) is 9.43. The monoisotopic (exact) mass is 332 g/mol. The van der Waals surface area contributed by atoms with Crippen LogP contribution >= 0.6 is 0 Å². The number of carbonyl (C=O) groups excluding carboxylic acids is 2. The van der Waals surface area contributed by atoms with Crippen LogP contribution in [-0.4, -0.2) is 24.6 Å². The van der Waals surface area contributed by atoms with Gasteiger partial charge in [0.2, 0.25) is 0 Å². The fourth-order valence-corrected chi connectivity index (χ4v) is 6.04. The first-order valence-electron chi connectivity index (χ1n) is 9.43. The van der Waals surface area contributed by atoms with Gasteiger partial charge in [-0.2, -0.15) is 0 Å². The molecule has 0 aromatic rings. The van der Waals surface area contributed by atoms with E-state index in [1.807, 2.05) is 0 Å². The largest absolute Gasteiger partial charge is 0.465 e. The Bertz CT molecular complexity index is 609. The van der Waals surface area contributed by atoms with Gasteiger partial charge in [0.25, 0.3) is 0 Å². The van der Waals surface area contributed by atoms with Crippen molar-refractivity contribution in [1.29, 1.82) is 0 Å². The third kappa shape index (κ3) is 2.11. The number of esters is 2. The molecule has 0 bridgehead atoms. The second-order valence-corrected chi connectivity index (χ2v) is 8.86. The SMILES string of the molecule is C[C@@H]1C[C@@H]2OC(=O)C3=CCC[C@H]([C@@]1(C)CC[C@@H]1COC(=O)C1)[C@@]32C. The molecule has 4 heteroatoms. The summed E-state index contributed by atoms with van der Waals surface area (Å²) in [6.07, 6.45) is 7.94. The average molecular weight is 332 g/mol. The molecule has 0 aromatic heterocycles. The fourth-order valence-electron chi connectivity index (χ4n) is 6.04. The van der Waals surface area contributed by atoms with E-state index in [1.54, 1.807) is 0 Å². The van der Waals surface area contributed by atoms with Crippen LogP contribution in [0.15, 0.2) is 11.6 Å². The molecule has 0 amide bonds. The van der Waals surface area contributed by atoms with E-state index in [0.717, 1.165) is 37.7 Å². The molecule has 2 heterocycles. The van der Waals surface area contributed by atoms with Gasteiger partial charge in [0.1, 0.15) is 6.10 Å². The highest BCUT2D eigenvalue weighted by Crippen LogP contribution is 2.65. The molecule has 0 aromatic carbocycles. The minimum atomic E-state index is -0.126. The van der Waals surface area contributed by atoms with Crippen LogP contribution in [0.5, 0.6) is 0 Å². The van der Waals surface area contributed by atoms with Crippen molar-refractivity contribution in [2.24, 2.45) is 28.6 Å². The molecule has 0 N–H and O–H groups in total. The summed E-state index contributed by atoms with van der Waals surface area (Å²) < 4.78 is 10.9. The van der Waals surface area contributed by atoms with E-state index in [2.05, 4.69) is 26.8 Å². The van der Waals surface area contributed by atoms with Gasteiger partial charge in [-0.05, 0) is 49.4 Å². The molecule has 132 valence electrons. The highest BCUT2D eigenvalue weighted by atomic mass is 16.6. The molecule has 4 rings (SSSR count). The van der Waals surface area contributed by atoms with Gasteiger partial charge in [0, 0.05) is 16.9 Å². The lowest BCUT2D eigenvalue weighted by atomic mass is 9.46. The van der Waals surface area contributed by atoms with Crippen molar-refractivity contribution in [3.05, 3.63) is 11.6 Å². The van der Waals surface area contributed by atoms with E-state index < -0.39 is 0 Å². The van der Waals surface area contributed by atoms with Crippen LogP contribution in [0.2, 0.25) is 0 Å². The molecular formula is C20H28O4. The molecule has 0 unspecified atom stereocenters. The quantitative estimate of drug-likeness (QED) is 0.740. The summed E-state index contributed by atoms with van der Waals surface area (Å²) in [5, 5.41) is 0. The zero-order chi connectivity index (χ0) is 17.1. The van der Waals surface area contributed by atoms with Crippen LogP contribution in [0.25, 0.3) is 0 Å². The van der Waals surface area contributed by atoms with Gasteiger partial charge in [0.15, 0.2) is 0 Å². The lowest BCUT2D eigenvalue weighted by molar-refractivity contribution is -0.148. The van der Waals surface area contributed by atoms with Gasteiger partial charge in [-0.1, -0.05) is 26.8 Å². The van der Waals surface area contributed by atoms with Crippen LogP contribution in [0.3, 0.4) is 0 Å². The number of rotatable bonds is 3. The van der Waals surface area contributed by atoms with Gasteiger partial charge < -0.3 is 9.47 Å². The summed E-state index contributed by atoms with van der Waals surface area (Å²) in [6.45, 7) is 7.57. The fraction of sp³-hybridized carbons (Fsp3) is 0.800. The summed E-state index contributed by atoms with van der Waals surface area (Å²) in [4.78, 5) is 23.7. The lowest BCUT2D eigenvalue weighted by Gasteiger charge is -2.57. The molecule has 24 heavy (non-hydrogen) atoms. The summed E-state index contributed by atoms with van der Waals surface area (Å²) in [5.74, 6) is 1.23. The Labute approximate surface area is 144 Å². The van der Waals surface area contributed by atoms with E-state index in [0.29, 0.717) is 30.8 Å². The average Bonchev–Trinajstić information content (AvgIpc) is 3.06. The minimum Gasteiger partial charge on any atom is -0.465 e. The molecule has 4 aliphatic rings. The lowest BCUT2D eigenvalue weighted by Crippen LogP contribution is -2.54. The van der Waals surface area contributed by atoms with Crippen molar-refractivity contribution >= 4 is 11.9 Å². The number of hydrogen-bond acceptors (Lipinski definition) is 4. The molecule has 1 saturated carbocycles. The third-order valence-electron chi connectivity index (χ3n) is 7.76. The van der Waals surface area contributed by atoms with Crippen LogP contribution in [0.4, 0.5) is 0 Å². The van der Waals surface area contributed by atoms with Crippen molar-refractivity contribution in [2.75, 3.05) is 6.61 Å². The molecule has 2 aliphatic heterocycles. The van der Waals surface area contributed by atoms with E-state index in [9.17, 15) is 9.59 Å². The van der Waals surface area contributed by atoms with Gasteiger partial charge in [-0.15, -0.1) is 0 Å². The van der Waals surface area contributed by atoms with Crippen LogP contribution in [0, 0.1) is 28.6 Å². The zero-order valence-electron chi connectivity index (χ0n) is 15.0. The Morgan fingerprint density at radius 3 is 2.79 bits per heavy atom. The number of hydrogen-bond donors (Lipinski definition) is 0. The maximum atomic E-state index is 12.3. The molecule has 0 radical (unpaired) electrons. The standard InChI is InChI=1S/C20H28O4/c1-12-9-16-20(3)14(18(22)24-16)5-4-6-15(20)19(12,2)8-7-13-10-17(21)23-11-13/h5,12-13,15-16H,4,6-11H2,1-3H3/t12-,13+,15-,16+,19+,20-/m1/s1. The summed E-state index contributed by atoms with van der Waals surface area (Å²) in [6, 6.07) is 0. The zero-order valence-corrected chi connectivity index (χ0v) is 15.0. The predicted octanol–water partition coefficient (Wildman–Crippen LogP) is 3.64. The Morgan fingerprint density at radius 1 is 1.29 bits per heavy atom. The van der Waals surface area contributed by atoms with Crippen molar-refractivity contribution in [1.82, 2.24) is 0 Å². The van der Waals surface area contributed by atoms with E-state index in [-0.39, 0.29) is 28.9 Å². The Hall–Kier alpha value is -1.32. The second-order valence-electron chi connectivity index (χ2n) is 8.86. The van der Waals surface area contributed by atoms with E-state index in [1.165, 1.54) is 0 Å². The number of cyclic esters (lactones) is 1.